The van der Waals surface area contributed by atoms with Gasteiger partial charge in [0.1, 0.15) is 17.4 Å². The van der Waals surface area contributed by atoms with Gasteiger partial charge in [-0.2, -0.15) is 0 Å². The van der Waals surface area contributed by atoms with Crippen LogP contribution in [0.2, 0.25) is 0 Å². The Morgan fingerprint density at radius 2 is 1.88 bits per heavy atom. The fourth-order valence-electron chi connectivity index (χ4n) is 4.01. The minimum Gasteiger partial charge on any atom is -0.481 e. The zero-order valence-electron chi connectivity index (χ0n) is 18.5. The highest BCUT2D eigenvalue weighted by Gasteiger charge is 2.33. The minimum atomic E-state index is -3.50. The molecule has 1 saturated heterocycles. The van der Waals surface area contributed by atoms with Crippen molar-refractivity contribution in [3.63, 3.8) is 0 Å². The normalized spacial score (nSPS) is 16.4. The van der Waals surface area contributed by atoms with Gasteiger partial charge in [0.25, 0.3) is 5.91 Å². The predicted octanol–water partition coefficient (Wildman–Crippen LogP) is 3.75. The van der Waals surface area contributed by atoms with Gasteiger partial charge in [0.05, 0.1) is 10.6 Å². The number of anilines is 1. The van der Waals surface area contributed by atoms with Crippen LogP contribution in [0.1, 0.15) is 18.4 Å². The number of sulfone groups is 1. The van der Waals surface area contributed by atoms with Crippen molar-refractivity contribution in [3.05, 3.63) is 78.1 Å². The molecule has 0 bridgehead atoms. The van der Waals surface area contributed by atoms with E-state index in [4.69, 9.17) is 15.9 Å². The van der Waals surface area contributed by atoms with Crippen LogP contribution in [0.5, 0.6) is 5.75 Å². The lowest BCUT2D eigenvalue weighted by Crippen LogP contribution is -2.47. The number of hydrogen-bond donors (Lipinski definition) is 2. The Kier molecular flexibility index (Phi) is 6.39. The maximum Gasteiger partial charge on any atom is 0.268 e. The van der Waals surface area contributed by atoms with E-state index in [-0.39, 0.29) is 22.3 Å². The van der Waals surface area contributed by atoms with Crippen LogP contribution < -0.4 is 15.4 Å². The fourth-order valence-corrected chi connectivity index (χ4v) is 4.92. The highest BCUT2D eigenvalue weighted by atomic mass is 32.2. The summed E-state index contributed by atoms with van der Waals surface area (Å²) in [5.41, 5.74) is 6.91. The van der Waals surface area contributed by atoms with Crippen molar-refractivity contribution in [2.75, 3.05) is 17.7 Å². The molecule has 176 valence electrons. The zero-order valence-corrected chi connectivity index (χ0v) is 19.3. The molecule has 0 radical (unpaired) electrons. The molecule has 1 atom stereocenters. The standard InChI is InChI=1S/C25H24FN3O4S/c1-34(31,32)23-10-3-2-8-19(23)16-11-12-21(20(26)15-16)29-13-5-9-22(25(29)30)33-18-7-4-6-17(14-18)24(27)28/h2-4,6-8,10-12,14-15,22H,5,9,13H2,1H3,(H3,27,28). The number of nitrogens with two attached hydrogens (primary N) is 1. The number of carbonyl (C=O) groups excluding carboxylic acids is 1. The molecule has 3 N–H and O–H groups in total. The second-order valence-corrected chi connectivity index (χ2v) is 10.1. The Morgan fingerprint density at radius 1 is 1.12 bits per heavy atom. The summed E-state index contributed by atoms with van der Waals surface area (Å²) in [5, 5.41) is 7.56. The molecule has 4 rings (SSSR count). The molecule has 34 heavy (non-hydrogen) atoms. The first kappa shape index (κ1) is 23.4. The number of ether oxygens (including phenoxy) is 1. The second-order valence-electron chi connectivity index (χ2n) is 8.11. The molecule has 0 saturated carbocycles. The Labute approximate surface area is 197 Å². The number of benzene rings is 3. The van der Waals surface area contributed by atoms with Crippen LogP contribution >= 0.6 is 0 Å². The molecule has 0 aliphatic carbocycles. The summed E-state index contributed by atoms with van der Waals surface area (Å²) in [7, 11) is -3.50. The van der Waals surface area contributed by atoms with Gasteiger partial charge in [0.2, 0.25) is 0 Å². The van der Waals surface area contributed by atoms with Crippen LogP contribution in [0.4, 0.5) is 10.1 Å². The van der Waals surface area contributed by atoms with Crippen LogP contribution in [0.3, 0.4) is 0 Å². The molecule has 1 unspecified atom stereocenters. The van der Waals surface area contributed by atoms with Gasteiger partial charge in [-0.25, -0.2) is 12.8 Å². The van der Waals surface area contributed by atoms with E-state index in [0.29, 0.717) is 41.8 Å². The molecule has 3 aromatic carbocycles. The maximum absolute atomic E-state index is 15.2. The van der Waals surface area contributed by atoms with E-state index in [0.717, 1.165) is 6.26 Å². The monoisotopic (exact) mass is 481 g/mol. The Bertz CT molecular complexity index is 1370. The second kappa shape index (κ2) is 9.26. The van der Waals surface area contributed by atoms with E-state index >= 15 is 4.39 Å². The molecule has 1 aliphatic heterocycles. The molecule has 1 amide bonds. The number of amidine groups is 1. The summed E-state index contributed by atoms with van der Waals surface area (Å²) >= 11 is 0. The van der Waals surface area contributed by atoms with Crippen molar-refractivity contribution in [1.29, 1.82) is 5.41 Å². The molecule has 9 heteroatoms. The van der Waals surface area contributed by atoms with E-state index in [1.807, 2.05) is 0 Å². The molecule has 0 aromatic heterocycles. The van der Waals surface area contributed by atoms with Gasteiger partial charge in [-0.15, -0.1) is 0 Å². The largest absolute Gasteiger partial charge is 0.481 e. The predicted molar refractivity (Wildman–Crippen MR) is 128 cm³/mol. The lowest BCUT2D eigenvalue weighted by atomic mass is 10.0. The summed E-state index contributed by atoms with van der Waals surface area (Å²) in [5.74, 6) is -0.709. The quantitative estimate of drug-likeness (QED) is 0.411. The van der Waals surface area contributed by atoms with E-state index in [2.05, 4.69) is 0 Å². The third kappa shape index (κ3) is 4.79. The molecule has 1 aliphatic rings. The number of piperidine rings is 1. The lowest BCUT2D eigenvalue weighted by Gasteiger charge is -2.32. The van der Waals surface area contributed by atoms with Crippen molar-refractivity contribution in [1.82, 2.24) is 0 Å². The molecule has 3 aromatic rings. The van der Waals surface area contributed by atoms with Crippen LogP contribution in [0.15, 0.2) is 71.6 Å². The minimum absolute atomic E-state index is 0.108. The van der Waals surface area contributed by atoms with Gasteiger partial charge in [-0.3, -0.25) is 10.2 Å². The summed E-state index contributed by atoms with van der Waals surface area (Å²) in [6.45, 7) is 0.336. The average Bonchev–Trinajstić information content (AvgIpc) is 2.80. The van der Waals surface area contributed by atoms with Crippen LogP contribution in [0, 0.1) is 11.2 Å². The molecular weight excluding hydrogens is 457 g/mol. The molecular formula is C25H24FN3O4S. The van der Waals surface area contributed by atoms with Crippen molar-refractivity contribution >= 4 is 27.3 Å². The van der Waals surface area contributed by atoms with E-state index < -0.39 is 21.8 Å². The van der Waals surface area contributed by atoms with E-state index in [9.17, 15) is 13.2 Å². The fraction of sp³-hybridized carbons (Fsp3) is 0.200. The first-order chi connectivity index (χ1) is 16.1. The van der Waals surface area contributed by atoms with Crippen LogP contribution in [0.25, 0.3) is 11.1 Å². The first-order valence-corrected chi connectivity index (χ1v) is 12.6. The van der Waals surface area contributed by atoms with Crippen molar-refractivity contribution in [2.45, 2.75) is 23.8 Å². The number of nitrogens with zero attached hydrogens (tertiary/aromatic N) is 1. The van der Waals surface area contributed by atoms with Crippen molar-refractivity contribution in [2.24, 2.45) is 5.73 Å². The summed E-state index contributed by atoms with van der Waals surface area (Å²) in [4.78, 5) is 14.6. The third-order valence-electron chi connectivity index (χ3n) is 5.65. The smallest absolute Gasteiger partial charge is 0.268 e. The summed E-state index contributed by atoms with van der Waals surface area (Å²) in [6.07, 6.45) is 1.39. The maximum atomic E-state index is 15.2. The Balaban J connectivity index is 1.60. The number of nitrogen functional groups attached to an aromatic ring is 1. The zero-order chi connectivity index (χ0) is 24.5. The van der Waals surface area contributed by atoms with E-state index in [1.54, 1.807) is 48.5 Å². The molecule has 1 heterocycles. The van der Waals surface area contributed by atoms with Crippen LogP contribution in [-0.2, 0) is 14.6 Å². The number of hydrogen-bond acceptors (Lipinski definition) is 5. The van der Waals surface area contributed by atoms with Gasteiger partial charge in [0.15, 0.2) is 15.9 Å². The Morgan fingerprint density at radius 3 is 2.59 bits per heavy atom. The van der Waals surface area contributed by atoms with Crippen molar-refractivity contribution in [3.8, 4) is 16.9 Å². The van der Waals surface area contributed by atoms with E-state index in [1.165, 1.54) is 23.1 Å². The van der Waals surface area contributed by atoms with Gasteiger partial charge in [0, 0.05) is 23.9 Å². The molecule has 1 fully saturated rings. The van der Waals surface area contributed by atoms with Crippen molar-refractivity contribution < 1.29 is 22.3 Å². The highest BCUT2D eigenvalue weighted by molar-refractivity contribution is 7.90. The molecule has 7 nitrogen and oxygen atoms in total. The number of rotatable bonds is 6. The summed E-state index contributed by atoms with van der Waals surface area (Å²) < 4.78 is 45.3. The van der Waals surface area contributed by atoms with Gasteiger partial charge < -0.3 is 15.4 Å². The number of amides is 1. The number of carbonyl (C=O) groups is 1. The number of nitrogens with one attached hydrogen (secondary N) is 1. The van der Waals surface area contributed by atoms with Gasteiger partial charge >= 0.3 is 0 Å². The Hall–Kier alpha value is -3.72. The van der Waals surface area contributed by atoms with Gasteiger partial charge in [-0.1, -0.05) is 36.4 Å². The highest BCUT2D eigenvalue weighted by Crippen LogP contribution is 2.32. The summed E-state index contributed by atoms with van der Waals surface area (Å²) in [6, 6.07) is 17.4. The number of halogens is 1. The third-order valence-corrected chi connectivity index (χ3v) is 6.80. The topological polar surface area (TPSA) is 114 Å². The SMILES string of the molecule is CS(=O)(=O)c1ccccc1-c1ccc(N2CCCC(Oc3cccc(C(=N)N)c3)C2=O)c(F)c1. The average molecular weight is 482 g/mol. The lowest BCUT2D eigenvalue weighted by molar-refractivity contribution is -0.127. The van der Waals surface area contributed by atoms with Gasteiger partial charge in [-0.05, 0) is 48.7 Å². The molecule has 0 spiro atoms. The van der Waals surface area contributed by atoms with Crippen LogP contribution in [-0.4, -0.2) is 39.1 Å². The first-order valence-electron chi connectivity index (χ1n) is 10.7.